The highest BCUT2D eigenvalue weighted by Crippen LogP contribution is 2.30. The number of hydrogen-bond donors (Lipinski definition) is 2. The summed E-state index contributed by atoms with van der Waals surface area (Å²) < 4.78 is 12.3. The number of rotatable bonds is 11. The third kappa shape index (κ3) is 6.42. The van der Waals surface area contributed by atoms with E-state index in [-0.39, 0.29) is 17.4 Å². The summed E-state index contributed by atoms with van der Waals surface area (Å²) in [7, 11) is 3.29. The SMILES string of the molecule is COc1ccc(C(C)NCCCCc2ccc(NC(=O)c3cccc4c(=O)c5ccccc5sc34)cc2)cc1OC. The molecule has 0 spiro atoms. The maximum Gasteiger partial charge on any atom is 0.257 e. The van der Waals surface area contributed by atoms with Crippen LogP contribution in [0.2, 0.25) is 0 Å². The summed E-state index contributed by atoms with van der Waals surface area (Å²) >= 11 is 1.47. The van der Waals surface area contributed by atoms with E-state index in [9.17, 15) is 9.59 Å². The second-order valence-corrected chi connectivity index (χ2v) is 11.1. The molecule has 6 nitrogen and oxygen atoms in total. The van der Waals surface area contributed by atoms with Crippen molar-refractivity contribution in [3.05, 3.63) is 112 Å². The highest BCUT2D eigenvalue weighted by atomic mass is 32.1. The summed E-state index contributed by atoms with van der Waals surface area (Å²) in [4.78, 5) is 26.2. The van der Waals surface area contributed by atoms with Crippen molar-refractivity contribution in [2.24, 2.45) is 0 Å². The standard InChI is InChI=1S/C34H34N2O4S/c1-22(24-16-19-29(39-2)30(21-24)40-3)35-20-7-6-9-23-14-17-25(18-15-23)36-34(38)28-12-8-11-27-32(37)26-10-4-5-13-31(26)41-33(27)28/h4-5,8,10-19,21-22,35H,6-7,9,20H2,1-3H3,(H,36,38). The molecular weight excluding hydrogens is 532 g/mol. The molecule has 1 atom stereocenters. The van der Waals surface area contributed by atoms with E-state index in [0.717, 1.165) is 53.3 Å². The Morgan fingerprint density at radius 1 is 0.854 bits per heavy atom. The Bertz CT molecular complexity index is 1730. The average Bonchev–Trinajstić information content (AvgIpc) is 3.01. The van der Waals surface area contributed by atoms with Gasteiger partial charge in [0, 0.05) is 27.2 Å². The zero-order valence-corrected chi connectivity index (χ0v) is 24.3. The molecule has 0 aliphatic heterocycles. The van der Waals surface area contributed by atoms with E-state index in [4.69, 9.17) is 9.47 Å². The first kappa shape index (κ1) is 28.3. The van der Waals surface area contributed by atoms with Gasteiger partial charge < -0.3 is 20.1 Å². The molecule has 210 valence electrons. The molecule has 5 rings (SSSR count). The van der Waals surface area contributed by atoms with E-state index >= 15 is 0 Å². The van der Waals surface area contributed by atoms with Crippen LogP contribution in [0, 0.1) is 0 Å². The molecule has 1 amide bonds. The van der Waals surface area contributed by atoms with Crippen molar-refractivity contribution in [1.82, 2.24) is 5.32 Å². The highest BCUT2D eigenvalue weighted by molar-refractivity contribution is 7.24. The van der Waals surface area contributed by atoms with Crippen LogP contribution >= 0.6 is 11.3 Å². The quantitative estimate of drug-likeness (QED) is 0.129. The molecule has 41 heavy (non-hydrogen) atoms. The number of methoxy groups -OCH3 is 2. The predicted molar refractivity (Wildman–Crippen MR) is 169 cm³/mol. The van der Waals surface area contributed by atoms with E-state index in [1.54, 1.807) is 32.4 Å². The number of amides is 1. The van der Waals surface area contributed by atoms with Gasteiger partial charge in [-0.1, -0.05) is 36.4 Å². The lowest BCUT2D eigenvalue weighted by Crippen LogP contribution is -2.20. The number of carbonyl (C=O) groups is 1. The molecule has 4 aromatic carbocycles. The van der Waals surface area contributed by atoms with Gasteiger partial charge in [0.25, 0.3) is 5.91 Å². The van der Waals surface area contributed by atoms with Crippen LogP contribution in [0.15, 0.2) is 89.7 Å². The van der Waals surface area contributed by atoms with Gasteiger partial charge in [0.05, 0.1) is 24.5 Å². The van der Waals surface area contributed by atoms with Gasteiger partial charge in [-0.15, -0.1) is 11.3 Å². The summed E-state index contributed by atoms with van der Waals surface area (Å²) in [6, 6.07) is 27.1. The lowest BCUT2D eigenvalue weighted by atomic mass is 10.1. The Hall–Kier alpha value is -4.20. The zero-order chi connectivity index (χ0) is 28.8. The number of fused-ring (bicyclic) bond motifs is 2. The number of anilines is 1. The van der Waals surface area contributed by atoms with Crippen LogP contribution in [0.4, 0.5) is 5.69 Å². The number of carbonyl (C=O) groups excluding carboxylic acids is 1. The molecule has 5 aromatic rings. The Morgan fingerprint density at radius 2 is 1.61 bits per heavy atom. The highest BCUT2D eigenvalue weighted by Gasteiger charge is 2.15. The molecule has 0 aliphatic rings. The monoisotopic (exact) mass is 566 g/mol. The smallest absolute Gasteiger partial charge is 0.257 e. The predicted octanol–water partition coefficient (Wildman–Crippen LogP) is 7.36. The largest absolute Gasteiger partial charge is 0.493 e. The van der Waals surface area contributed by atoms with Crippen molar-refractivity contribution in [2.45, 2.75) is 32.2 Å². The van der Waals surface area contributed by atoms with Crippen LogP contribution in [0.25, 0.3) is 20.2 Å². The van der Waals surface area contributed by atoms with Crippen LogP contribution in [-0.2, 0) is 6.42 Å². The summed E-state index contributed by atoms with van der Waals surface area (Å²) in [6.07, 6.45) is 3.07. The van der Waals surface area contributed by atoms with Crippen molar-refractivity contribution in [1.29, 1.82) is 0 Å². The van der Waals surface area contributed by atoms with E-state index in [1.165, 1.54) is 16.9 Å². The molecule has 2 N–H and O–H groups in total. The molecule has 0 saturated carbocycles. The van der Waals surface area contributed by atoms with Crippen LogP contribution < -0.4 is 25.5 Å². The van der Waals surface area contributed by atoms with E-state index in [1.807, 2.05) is 48.5 Å². The van der Waals surface area contributed by atoms with E-state index in [2.05, 4.69) is 35.8 Å². The number of hydrogen-bond acceptors (Lipinski definition) is 6. The van der Waals surface area contributed by atoms with Crippen LogP contribution in [-0.4, -0.2) is 26.7 Å². The van der Waals surface area contributed by atoms with Gasteiger partial charge in [0.15, 0.2) is 16.9 Å². The number of aryl methyl sites for hydroxylation is 1. The first-order valence-corrected chi connectivity index (χ1v) is 14.6. The Labute approximate surface area is 243 Å². The van der Waals surface area contributed by atoms with Gasteiger partial charge in [-0.3, -0.25) is 9.59 Å². The fraction of sp³-hybridized carbons (Fsp3) is 0.235. The fourth-order valence-electron chi connectivity index (χ4n) is 4.97. The van der Waals surface area contributed by atoms with Crippen molar-refractivity contribution in [2.75, 3.05) is 26.1 Å². The first-order valence-electron chi connectivity index (χ1n) is 13.8. The minimum Gasteiger partial charge on any atom is -0.493 e. The van der Waals surface area contributed by atoms with Gasteiger partial charge >= 0.3 is 0 Å². The second-order valence-electron chi connectivity index (χ2n) is 10.0. The van der Waals surface area contributed by atoms with Crippen molar-refractivity contribution in [3.63, 3.8) is 0 Å². The molecular formula is C34H34N2O4S. The summed E-state index contributed by atoms with van der Waals surface area (Å²) in [5, 5.41) is 7.84. The summed E-state index contributed by atoms with van der Waals surface area (Å²) in [5.41, 5.74) is 3.58. The van der Waals surface area contributed by atoms with Gasteiger partial charge in [-0.25, -0.2) is 0 Å². The molecule has 1 aromatic heterocycles. The Balaban J connectivity index is 1.14. The second kappa shape index (κ2) is 13.0. The molecule has 7 heteroatoms. The third-order valence-corrected chi connectivity index (χ3v) is 8.53. The number of unbranched alkanes of at least 4 members (excludes halogenated alkanes) is 1. The zero-order valence-electron chi connectivity index (χ0n) is 23.5. The molecule has 1 heterocycles. The molecule has 0 bridgehead atoms. The number of nitrogens with one attached hydrogen (secondary N) is 2. The normalized spacial score (nSPS) is 11.9. The molecule has 1 unspecified atom stereocenters. The number of ether oxygens (including phenoxy) is 2. The van der Waals surface area contributed by atoms with Crippen LogP contribution in [0.5, 0.6) is 11.5 Å². The van der Waals surface area contributed by atoms with E-state index in [0.29, 0.717) is 21.0 Å². The van der Waals surface area contributed by atoms with Gasteiger partial charge in [-0.2, -0.15) is 0 Å². The summed E-state index contributed by atoms with van der Waals surface area (Å²) in [5.74, 6) is 1.25. The Morgan fingerprint density at radius 3 is 2.39 bits per heavy atom. The maximum absolute atomic E-state index is 13.2. The minimum absolute atomic E-state index is 0.0426. The lowest BCUT2D eigenvalue weighted by Gasteiger charge is -2.16. The fourth-order valence-corrected chi connectivity index (χ4v) is 6.15. The third-order valence-electron chi connectivity index (χ3n) is 7.31. The van der Waals surface area contributed by atoms with Gasteiger partial charge in [0.1, 0.15) is 0 Å². The topological polar surface area (TPSA) is 76.7 Å². The maximum atomic E-state index is 13.2. The van der Waals surface area contributed by atoms with E-state index < -0.39 is 0 Å². The van der Waals surface area contributed by atoms with Crippen LogP contribution in [0.1, 0.15) is 47.3 Å². The minimum atomic E-state index is -0.219. The average molecular weight is 567 g/mol. The number of benzene rings is 4. The molecule has 0 aliphatic carbocycles. The van der Waals surface area contributed by atoms with Crippen molar-refractivity contribution < 1.29 is 14.3 Å². The van der Waals surface area contributed by atoms with Gasteiger partial charge in [-0.05, 0) is 92.4 Å². The molecule has 0 saturated heterocycles. The lowest BCUT2D eigenvalue weighted by molar-refractivity contribution is 0.102. The molecule has 0 fully saturated rings. The van der Waals surface area contributed by atoms with Crippen molar-refractivity contribution in [3.8, 4) is 11.5 Å². The summed E-state index contributed by atoms with van der Waals surface area (Å²) in [6.45, 7) is 3.06. The first-order chi connectivity index (χ1) is 20.0. The Kier molecular flexibility index (Phi) is 8.97. The van der Waals surface area contributed by atoms with Crippen LogP contribution in [0.3, 0.4) is 0 Å². The van der Waals surface area contributed by atoms with Gasteiger partial charge in [0.2, 0.25) is 0 Å². The molecule has 0 radical (unpaired) electrons. The van der Waals surface area contributed by atoms with Crippen molar-refractivity contribution >= 4 is 43.1 Å².